The number of fused-ring (bicyclic) bond motifs is 1. The van der Waals surface area contributed by atoms with E-state index in [0.717, 1.165) is 29.9 Å². The van der Waals surface area contributed by atoms with Gasteiger partial charge in [0.15, 0.2) is 0 Å². The van der Waals surface area contributed by atoms with Gasteiger partial charge >= 0.3 is 0 Å². The Labute approximate surface area is 118 Å². The molecular formula is C18H16FN. The molecule has 0 heterocycles. The summed E-state index contributed by atoms with van der Waals surface area (Å²) < 4.78 is 13.7. The second kappa shape index (κ2) is 5.09. The van der Waals surface area contributed by atoms with E-state index in [1.165, 1.54) is 23.6 Å². The van der Waals surface area contributed by atoms with Crippen molar-refractivity contribution in [2.75, 3.05) is 0 Å². The maximum atomic E-state index is 13.7. The average molecular weight is 265 g/mol. The van der Waals surface area contributed by atoms with Crippen LogP contribution in [-0.4, -0.2) is 0 Å². The van der Waals surface area contributed by atoms with Gasteiger partial charge in [-0.2, -0.15) is 5.26 Å². The maximum absolute atomic E-state index is 13.7. The minimum Gasteiger partial charge on any atom is -0.206 e. The fourth-order valence-electron chi connectivity index (χ4n) is 2.90. The summed E-state index contributed by atoms with van der Waals surface area (Å²) in [5, 5.41) is 8.77. The molecule has 1 atom stereocenters. The molecule has 20 heavy (non-hydrogen) atoms. The standard InChI is InChI=1S/C18H16FN/c1-12-2-3-14-9-15(5-4-13(14)8-12)16-6-7-17(11-20)18(19)10-16/h4-7,9-10,12H,2-3,8H2,1H3. The highest BCUT2D eigenvalue weighted by molar-refractivity contribution is 5.66. The molecule has 1 unspecified atom stereocenters. The summed E-state index contributed by atoms with van der Waals surface area (Å²) in [5.41, 5.74) is 4.76. The molecule has 3 rings (SSSR count). The molecule has 1 aliphatic rings. The minimum absolute atomic E-state index is 0.0977. The number of halogens is 1. The van der Waals surface area contributed by atoms with Gasteiger partial charge in [0.05, 0.1) is 5.56 Å². The monoisotopic (exact) mass is 265 g/mol. The molecule has 100 valence electrons. The zero-order valence-electron chi connectivity index (χ0n) is 11.5. The van der Waals surface area contributed by atoms with E-state index < -0.39 is 5.82 Å². The third-order valence-corrected chi connectivity index (χ3v) is 4.10. The fraction of sp³-hybridized carbons (Fsp3) is 0.278. The SMILES string of the molecule is CC1CCc2cc(-c3ccc(C#N)c(F)c3)ccc2C1. The van der Waals surface area contributed by atoms with Gasteiger partial charge in [-0.25, -0.2) is 4.39 Å². The third-order valence-electron chi connectivity index (χ3n) is 4.10. The predicted octanol–water partition coefficient (Wildman–Crippen LogP) is 4.49. The molecule has 0 fully saturated rings. The Kier molecular flexibility index (Phi) is 3.28. The Balaban J connectivity index is 1.99. The van der Waals surface area contributed by atoms with Crippen LogP contribution in [0.4, 0.5) is 4.39 Å². The number of hydrogen-bond acceptors (Lipinski definition) is 1. The number of aryl methyl sites for hydroxylation is 1. The topological polar surface area (TPSA) is 23.8 Å². The van der Waals surface area contributed by atoms with Crippen molar-refractivity contribution in [1.29, 1.82) is 5.26 Å². The number of benzene rings is 2. The van der Waals surface area contributed by atoms with Crippen LogP contribution in [0.1, 0.15) is 30.0 Å². The molecular weight excluding hydrogens is 249 g/mol. The molecule has 0 radical (unpaired) electrons. The molecule has 1 nitrogen and oxygen atoms in total. The summed E-state index contributed by atoms with van der Waals surface area (Å²) in [6.07, 6.45) is 3.46. The molecule has 0 aromatic heterocycles. The quantitative estimate of drug-likeness (QED) is 0.745. The smallest absolute Gasteiger partial charge is 0.141 e. The van der Waals surface area contributed by atoms with Crippen molar-refractivity contribution in [1.82, 2.24) is 0 Å². The van der Waals surface area contributed by atoms with Gasteiger partial charge in [-0.05, 0) is 59.6 Å². The summed E-state index contributed by atoms with van der Waals surface area (Å²) >= 11 is 0. The molecule has 0 saturated heterocycles. The molecule has 1 aliphatic carbocycles. The molecule has 0 N–H and O–H groups in total. The zero-order valence-corrected chi connectivity index (χ0v) is 11.5. The Hall–Kier alpha value is -2.14. The van der Waals surface area contributed by atoms with E-state index in [1.54, 1.807) is 6.07 Å². The summed E-state index contributed by atoms with van der Waals surface area (Å²) in [4.78, 5) is 0. The second-order valence-corrected chi connectivity index (χ2v) is 5.64. The predicted molar refractivity (Wildman–Crippen MR) is 77.7 cm³/mol. The van der Waals surface area contributed by atoms with E-state index in [0.29, 0.717) is 0 Å². The lowest BCUT2D eigenvalue weighted by atomic mass is 9.83. The summed E-state index contributed by atoms with van der Waals surface area (Å²) in [7, 11) is 0. The maximum Gasteiger partial charge on any atom is 0.141 e. The van der Waals surface area contributed by atoms with Crippen LogP contribution in [0.15, 0.2) is 36.4 Å². The van der Waals surface area contributed by atoms with Crippen molar-refractivity contribution in [2.24, 2.45) is 5.92 Å². The van der Waals surface area contributed by atoms with Crippen molar-refractivity contribution in [3.8, 4) is 17.2 Å². The molecule has 2 aromatic carbocycles. The highest BCUT2D eigenvalue weighted by atomic mass is 19.1. The van der Waals surface area contributed by atoms with Crippen LogP contribution in [0.3, 0.4) is 0 Å². The van der Waals surface area contributed by atoms with Crippen molar-refractivity contribution < 1.29 is 4.39 Å². The summed E-state index contributed by atoms with van der Waals surface area (Å²) in [6, 6.07) is 13.1. The normalized spacial score (nSPS) is 17.4. The molecule has 2 aromatic rings. The van der Waals surface area contributed by atoms with E-state index in [9.17, 15) is 4.39 Å². The molecule has 0 saturated carbocycles. The number of nitrogens with zero attached hydrogens (tertiary/aromatic N) is 1. The highest BCUT2D eigenvalue weighted by Crippen LogP contribution is 2.30. The molecule has 0 amide bonds. The largest absolute Gasteiger partial charge is 0.206 e. The number of hydrogen-bond donors (Lipinski definition) is 0. The van der Waals surface area contributed by atoms with Crippen LogP contribution in [-0.2, 0) is 12.8 Å². The van der Waals surface area contributed by atoms with E-state index in [4.69, 9.17) is 5.26 Å². The van der Waals surface area contributed by atoms with E-state index in [1.807, 2.05) is 12.1 Å². The van der Waals surface area contributed by atoms with Gasteiger partial charge < -0.3 is 0 Å². The van der Waals surface area contributed by atoms with Gasteiger partial charge in [0.25, 0.3) is 0 Å². The lowest BCUT2D eigenvalue weighted by molar-refractivity contribution is 0.501. The van der Waals surface area contributed by atoms with Gasteiger partial charge in [0, 0.05) is 0 Å². The molecule has 2 heteroatoms. The average Bonchev–Trinajstić information content (AvgIpc) is 2.46. The van der Waals surface area contributed by atoms with Crippen LogP contribution in [0.5, 0.6) is 0 Å². The van der Waals surface area contributed by atoms with Crippen molar-refractivity contribution >= 4 is 0 Å². The van der Waals surface area contributed by atoms with Gasteiger partial charge in [0.1, 0.15) is 11.9 Å². The first-order valence-electron chi connectivity index (χ1n) is 6.99. The van der Waals surface area contributed by atoms with Crippen LogP contribution in [0.2, 0.25) is 0 Å². The lowest BCUT2D eigenvalue weighted by Crippen LogP contribution is -2.11. The van der Waals surface area contributed by atoms with Crippen LogP contribution in [0.25, 0.3) is 11.1 Å². The first-order valence-corrected chi connectivity index (χ1v) is 6.99. The second-order valence-electron chi connectivity index (χ2n) is 5.64. The van der Waals surface area contributed by atoms with Gasteiger partial charge in [-0.1, -0.05) is 31.2 Å². The van der Waals surface area contributed by atoms with E-state index >= 15 is 0 Å². The number of rotatable bonds is 1. The Morgan fingerprint density at radius 1 is 1.10 bits per heavy atom. The first-order chi connectivity index (χ1) is 9.67. The Morgan fingerprint density at radius 3 is 2.60 bits per heavy atom. The van der Waals surface area contributed by atoms with Crippen molar-refractivity contribution in [3.63, 3.8) is 0 Å². The van der Waals surface area contributed by atoms with Gasteiger partial charge in [-0.3, -0.25) is 0 Å². The van der Waals surface area contributed by atoms with Crippen molar-refractivity contribution in [2.45, 2.75) is 26.2 Å². The first kappa shape index (κ1) is 12.9. The Morgan fingerprint density at radius 2 is 1.85 bits per heavy atom. The summed E-state index contributed by atoms with van der Waals surface area (Å²) in [6.45, 7) is 2.28. The zero-order chi connectivity index (χ0) is 14.1. The minimum atomic E-state index is -0.448. The molecule has 0 spiro atoms. The van der Waals surface area contributed by atoms with Crippen LogP contribution < -0.4 is 0 Å². The fourth-order valence-corrected chi connectivity index (χ4v) is 2.90. The molecule has 0 bridgehead atoms. The van der Waals surface area contributed by atoms with Crippen LogP contribution in [0, 0.1) is 23.1 Å². The number of nitriles is 1. The van der Waals surface area contributed by atoms with Crippen molar-refractivity contribution in [3.05, 3.63) is 58.9 Å². The highest BCUT2D eigenvalue weighted by Gasteiger charge is 2.15. The molecule has 0 aliphatic heterocycles. The third kappa shape index (κ3) is 2.32. The van der Waals surface area contributed by atoms with E-state index in [-0.39, 0.29) is 5.56 Å². The lowest BCUT2D eigenvalue weighted by Gasteiger charge is -2.22. The Bertz CT molecular complexity index is 697. The van der Waals surface area contributed by atoms with Gasteiger partial charge in [-0.15, -0.1) is 0 Å². The van der Waals surface area contributed by atoms with E-state index in [2.05, 4.69) is 25.1 Å². The van der Waals surface area contributed by atoms with Gasteiger partial charge in [0.2, 0.25) is 0 Å². The summed E-state index contributed by atoms with van der Waals surface area (Å²) in [5.74, 6) is 0.303. The van der Waals surface area contributed by atoms with Crippen LogP contribution >= 0.6 is 0 Å².